The molecular weight excluding hydrogens is 511 g/mol. The van der Waals surface area contributed by atoms with Crippen molar-refractivity contribution in [3.05, 3.63) is 70.8 Å². The molecule has 2 aromatic rings. The fourth-order valence-electron chi connectivity index (χ4n) is 5.47. The first-order chi connectivity index (χ1) is 18.6. The first-order valence-electron chi connectivity index (χ1n) is 15.2. The molecule has 1 atom stereocenters. The van der Waals surface area contributed by atoms with Crippen molar-refractivity contribution in [3.63, 3.8) is 0 Å². The highest BCUT2D eigenvalue weighted by Crippen LogP contribution is 2.38. The number of rotatable bonds is 22. The number of benzene rings is 2. The van der Waals surface area contributed by atoms with Crippen LogP contribution in [-0.4, -0.2) is 21.8 Å². The van der Waals surface area contributed by atoms with E-state index in [-0.39, 0.29) is 12.5 Å². The van der Waals surface area contributed by atoms with E-state index >= 15 is 0 Å². The van der Waals surface area contributed by atoms with Crippen LogP contribution in [0.15, 0.2) is 48.5 Å². The standard InChI is InChI=1S/C33H52ClO3P/c1-3-5-7-9-11-13-15-21-28-23-17-19-25-30(28)33(32(34)27-37-38(35)36)31-26-20-18-24-29(31)22-16-14-12-10-8-6-4-2/h17-20,23-26,32-33,35-36H,3-16,21-22,27H2,1-2H3. The van der Waals surface area contributed by atoms with Crippen LogP contribution in [0.3, 0.4) is 0 Å². The van der Waals surface area contributed by atoms with Crippen molar-refractivity contribution in [2.75, 3.05) is 6.61 Å². The minimum absolute atomic E-state index is 0.0619. The summed E-state index contributed by atoms with van der Waals surface area (Å²) in [5.74, 6) is -0.0619. The van der Waals surface area contributed by atoms with Gasteiger partial charge in [0.25, 0.3) is 0 Å². The lowest BCUT2D eigenvalue weighted by Crippen LogP contribution is -2.22. The van der Waals surface area contributed by atoms with Crippen LogP contribution in [0.2, 0.25) is 0 Å². The molecule has 0 aromatic heterocycles. The van der Waals surface area contributed by atoms with Crippen molar-refractivity contribution in [1.82, 2.24) is 0 Å². The zero-order chi connectivity index (χ0) is 27.4. The molecule has 0 spiro atoms. The molecule has 0 heterocycles. The number of aryl methyl sites for hydroxylation is 2. The van der Waals surface area contributed by atoms with Crippen molar-refractivity contribution in [1.29, 1.82) is 0 Å². The minimum Gasteiger partial charge on any atom is -0.328 e. The lowest BCUT2D eigenvalue weighted by Gasteiger charge is -2.28. The first-order valence-corrected chi connectivity index (χ1v) is 16.8. The van der Waals surface area contributed by atoms with Crippen LogP contribution in [-0.2, 0) is 17.4 Å². The zero-order valence-electron chi connectivity index (χ0n) is 23.9. The average Bonchev–Trinajstić information content (AvgIpc) is 2.92. The lowest BCUT2D eigenvalue weighted by atomic mass is 9.81. The Morgan fingerprint density at radius 3 is 1.45 bits per heavy atom. The number of halogens is 1. The van der Waals surface area contributed by atoms with E-state index in [1.807, 2.05) is 0 Å². The number of alkyl halides is 1. The molecule has 0 aliphatic carbocycles. The van der Waals surface area contributed by atoms with E-state index in [4.69, 9.17) is 16.1 Å². The maximum Gasteiger partial charge on any atom is 0.327 e. The summed E-state index contributed by atoms with van der Waals surface area (Å²) in [7, 11) is -2.43. The summed E-state index contributed by atoms with van der Waals surface area (Å²) in [6.45, 7) is 4.62. The van der Waals surface area contributed by atoms with Crippen LogP contribution in [0.4, 0.5) is 0 Å². The smallest absolute Gasteiger partial charge is 0.327 e. The molecule has 0 saturated heterocycles. The van der Waals surface area contributed by atoms with Gasteiger partial charge < -0.3 is 14.3 Å². The summed E-state index contributed by atoms with van der Waals surface area (Å²) < 4.78 is 5.24. The van der Waals surface area contributed by atoms with E-state index in [0.717, 1.165) is 12.8 Å². The molecule has 3 nitrogen and oxygen atoms in total. The van der Waals surface area contributed by atoms with Gasteiger partial charge in [0, 0.05) is 5.92 Å². The Morgan fingerprint density at radius 1 is 0.632 bits per heavy atom. The molecule has 2 aromatic carbocycles. The summed E-state index contributed by atoms with van der Waals surface area (Å²) in [5.41, 5.74) is 5.18. The maximum atomic E-state index is 9.41. The molecule has 0 aliphatic heterocycles. The predicted octanol–water partition coefficient (Wildman–Crippen LogP) is 10.2. The number of hydrogen-bond acceptors (Lipinski definition) is 3. The van der Waals surface area contributed by atoms with Crippen molar-refractivity contribution in [2.45, 2.75) is 128 Å². The van der Waals surface area contributed by atoms with E-state index in [9.17, 15) is 9.79 Å². The first kappa shape index (κ1) is 33.2. The van der Waals surface area contributed by atoms with Crippen LogP contribution in [0, 0.1) is 0 Å². The average molecular weight is 563 g/mol. The molecule has 2 rings (SSSR count). The Kier molecular flexibility index (Phi) is 18.3. The van der Waals surface area contributed by atoms with Gasteiger partial charge in [0.1, 0.15) is 0 Å². The molecular formula is C33H52ClO3P. The third kappa shape index (κ3) is 12.9. The van der Waals surface area contributed by atoms with Gasteiger partial charge in [-0.1, -0.05) is 139 Å². The topological polar surface area (TPSA) is 49.7 Å². The van der Waals surface area contributed by atoms with Crippen LogP contribution < -0.4 is 0 Å². The predicted molar refractivity (Wildman–Crippen MR) is 165 cm³/mol. The molecule has 0 amide bonds. The zero-order valence-corrected chi connectivity index (χ0v) is 25.6. The van der Waals surface area contributed by atoms with Gasteiger partial charge in [-0.2, -0.15) is 0 Å². The quantitative estimate of drug-likeness (QED) is 0.0852. The summed E-state index contributed by atoms with van der Waals surface area (Å²) in [5, 5.41) is -0.398. The van der Waals surface area contributed by atoms with Crippen LogP contribution in [0.5, 0.6) is 0 Å². The van der Waals surface area contributed by atoms with Gasteiger partial charge in [-0.3, -0.25) is 0 Å². The fraction of sp³-hybridized carbons (Fsp3) is 0.636. The minimum atomic E-state index is -2.43. The largest absolute Gasteiger partial charge is 0.328 e. The van der Waals surface area contributed by atoms with E-state index in [2.05, 4.69) is 62.4 Å². The van der Waals surface area contributed by atoms with Gasteiger partial charge in [-0.25, -0.2) is 0 Å². The second kappa shape index (κ2) is 20.9. The van der Waals surface area contributed by atoms with E-state index in [0.29, 0.717) is 0 Å². The second-order valence-electron chi connectivity index (χ2n) is 10.7. The van der Waals surface area contributed by atoms with Crippen LogP contribution >= 0.6 is 20.2 Å². The Bertz CT molecular complexity index is 798. The second-order valence-corrected chi connectivity index (χ2v) is 12.0. The molecule has 38 heavy (non-hydrogen) atoms. The molecule has 5 heteroatoms. The molecule has 0 fully saturated rings. The van der Waals surface area contributed by atoms with Gasteiger partial charge in [-0.15, -0.1) is 11.6 Å². The summed E-state index contributed by atoms with van der Waals surface area (Å²) in [6, 6.07) is 17.4. The third-order valence-corrected chi connectivity index (χ3v) is 8.35. The Hall–Kier alpha value is -0.960. The van der Waals surface area contributed by atoms with Gasteiger partial charge >= 0.3 is 8.60 Å². The molecule has 0 aliphatic rings. The van der Waals surface area contributed by atoms with Gasteiger partial charge in [0.2, 0.25) is 0 Å². The highest BCUT2D eigenvalue weighted by molar-refractivity contribution is 7.39. The summed E-state index contributed by atoms with van der Waals surface area (Å²) in [4.78, 5) is 18.8. The maximum absolute atomic E-state index is 9.41. The third-order valence-electron chi connectivity index (χ3n) is 7.59. The van der Waals surface area contributed by atoms with Gasteiger partial charge in [-0.05, 0) is 47.9 Å². The number of unbranched alkanes of at least 4 members (excludes halogenated alkanes) is 12. The summed E-state index contributed by atoms with van der Waals surface area (Å²) >= 11 is 7.03. The number of hydrogen-bond donors (Lipinski definition) is 2. The van der Waals surface area contributed by atoms with Crippen molar-refractivity contribution in [3.8, 4) is 0 Å². The van der Waals surface area contributed by atoms with E-state index in [1.165, 1.54) is 112 Å². The van der Waals surface area contributed by atoms with Crippen molar-refractivity contribution < 1.29 is 14.3 Å². The van der Waals surface area contributed by atoms with Gasteiger partial charge in [0.05, 0.1) is 12.0 Å². The molecule has 2 N–H and O–H groups in total. The Labute approximate surface area is 239 Å². The van der Waals surface area contributed by atoms with E-state index < -0.39 is 14.0 Å². The van der Waals surface area contributed by atoms with Crippen LogP contribution in [0.25, 0.3) is 0 Å². The van der Waals surface area contributed by atoms with Gasteiger partial charge in [0.15, 0.2) is 0 Å². The fourth-order valence-corrected chi connectivity index (χ4v) is 6.18. The monoisotopic (exact) mass is 562 g/mol. The van der Waals surface area contributed by atoms with Crippen molar-refractivity contribution in [2.24, 2.45) is 0 Å². The lowest BCUT2D eigenvalue weighted by molar-refractivity contribution is 0.250. The molecule has 1 unspecified atom stereocenters. The highest BCUT2D eigenvalue weighted by Gasteiger charge is 2.28. The molecule has 0 radical (unpaired) electrons. The van der Waals surface area contributed by atoms with Crippen molar-refractivity contribution >= 4 is 20.2 Å². The molecule has 0 saturated carbocycles. The summed E-state index contributed by atoms with van der Waals surface area (Å²) in [6.07, 6.45) is 20.1. The molecule has 214 valence electrons. The van der Waals surface area contributed by atoms with Crippen LogP contribution in [0.1, 0.15) is 132 Å². The Morgan fingerprint density at radius 2 is 1.03 bits per heavy atom. The molecule has 0 bridgehead atoms. The normalized spacial score (nSPS) is 12.5. The van der Waals surface area contributed by atoms with E-state index in [1.54, 1.807) is 0 Å². The SMILES string of the molecule is CCCCCCCCCc1ccccc1C(c1ccccc1CCCCCCCCC)C(Cl)COP(O)O. The Balaban J connectivity index is 2.17. The highest BCUT2D eigenvalue weighted by atomic mass is 35.5.